The molecule has 0 bridgehead atoms. The highest BCUT2D eigenvalue weighted by Gasteiger charge is 2.27. The molecule has 4 rings (SSSR count). The van der Waals surface area contributed by atoms with Crippen molar-refractivity contribution in [1.82, 2.24) is 4.57 Å². The fraction of sp³-hybridized carbons (Fsp3) is 0.304. The quantitative estimate of drug-likeness (QED) is 0.556. The van der Waals surface area contributed by atoms with E-state index in [1.165, 1.54) is 12.0 Å². The summed E-state index contributed by atoms with van der Waals surface area (Å²) in [4.78, 5) is 26.7. The molecule has 0 fully saturated rings. The first-order valence-electron chi connectivity index (χ1n) is 10.1. The topological polar surface area (TPSA) is 78.8 Å². The van der Waals surface area contributed by atoms with E-state index in [-0.39, 0.29) is 0 Å². The van der Waals surface area contributed by atoms with Gasteiger partial charge in [-0.15, -0.1) is 11.3 Å². The molecule has 1 aromatic carbocycles. The van der Waals surface area contributed by atoms with Gasteiger partial charge in [-0.3, -0.25) is 4.79 Å². The summed E-state index contributed by atoms with van der Waals surface area (Å²) in [5, 5.41) is 3.56. The first-order chi connectivity index (χ1) is 15.1. The Morgan fingerprint density at radius 3 is 2.61 bits per heavy atom. The summed E-state index contributed by atoms with van der Waals surface area (Å²) in [6.45, 7) is -0.394. The van der Waals surface area contributed by atoms with Crippen molar-refractivity contribution in [3.8, 4) is 16.5 Å². The average molecular weight is 441 g/mol. The van der Waals surface area contributed by atoms with Gasteiger partial charge in [0.25, 0.3) is 5.91 Å². The first kappa shape index (κ1) is 21.0. The van der Waals surface area contributed by atoms with Gasteiger partial charge in [-0.1, -0.05) is 0 Å². The number of hydrogen-bond donors (Lipinski definition) is 1. The normalized spacial score (nSPS) is 12.7. The number of thiophene rings is 1. The Kier molecular flexibility index (Phi) is 6.27. The Bertz CT molecular complexity index is 1090. The number of aromatic nitrogens is 1. The number of aryl methyl sites for hydroxylation is 1. The van der Waals surface area contributed by atoms with Crippen LogP contribution in [0.4, 0.5) is 5.69 Å². The van der Waals surface area contributed by atoms with Gasteiger partial charge in [0.15, 0.2) is 6.61 Å². The number of amides is 1. The second-order valence-electron chi connectivity index (χ2n) is 7.17. The molecule has 8 heteroatoms. The number of hydrogen-bond acceptors (Lipinski definition) is 6. The van der Waals surface area contributed by atoms with E-state index in [1.807, 2.05) is 29.1 Å². The lowest BCUT2D eigenvalue weighted by molar-refractivity contribution is -0.119. The van der Waals surface area contributed by atoms with E-state index in [9.17, 15) is 9.59 Å². The van der Waals surface area contributed by atoms with E-state index >= 15 is 0 Å². The fourth-order valence-electron chi connectivity index (χ4n) is 3.72. The predicted octanol–water partition coefficient (Wildman–Crippen LogP) is 4.23. The second-order valence-corrected chi connectivity index (χ2v) is 8.26. The number of carbonyl (C=O) groups excluding carboxylic acids is 2. The van der Waals surface area contributed by atoms with Gasteiger partial charge in [0.1, 0.15) is 16.5 Å². The lowest BCUT2D eigenvalue weighted by Gasteiger charge is -2.14. The van der Waals surface area contributed by atoms with Crippen LogP contribution in [0, 0.1) is 0 Å². The van der Waals surface area contributed by atoms with E-state index in [0.717, 1.165) is 36.2 Å². The largest absolute Gasteiger partial charge is 0.497 e. The maximum absolute atomic E-state index is 13.0. The Morgan fingerprint density at radius 1 is 1.10 bits per heavy atom. The van der Waals surface area contributed by atoms with E-state index in [2.05, 4.69) is 5.32 Å². The van der Waals surface area contributed by atoms with Crippen LogP contribution in [-0.2, 0) is 22.4 Å². The number of rotatable bonds is 7. The highest BCUT2D eigenvalue weighted by Crippen LogP contribution is 2.37. The third kappa shape index (κ3) is 4.44. The Labute approximate surface area is 184 Å². The number of ether oxygens (including phenoxy) is 3. The zero-order chi connectivity index (χ0) is 21.8. The van der Waals surface area contributed by atoms with Gasteiger partial charge in [-0.2, -0.15) is 0 Å². The van der Waals surface area contributed by atoms with Crippen molar-refractivity contribution < 1.29 is 23.8 Å². The molecule has 0 radical (unpaired) electrons. The minimum atomic E-state index is -0.476. The molecule has 0 spiro atoms. The maximum Gasteiger partial charge on any atom is 0.341 e. The highest BCUT2D eigenvalue weighted by atomic mass is 32.1. The SMILES string of the molecule is COc1ccc(OC)c(NC(=O)COC(=O)c2c(-n3cccc3)sc3c2CCCC3)c1. The van der Waals surface area contributed by atoms with Crippen molar-refractivity contribution in [2.24, 2.45) is 0 Å². The molecule has 1 aliphatic rings. The molecule has 31 heavy (non-hydrogen) atoms. The third-order valence-corrected chi connectivity index (χ3v) is 6.52. The maximum atomic E-state index is 13.0. The standard InChI is InChI=1S/C23H24N2O5S/c1-28-15-9-10-18(29-2)17(13-15)24-20(26)14-30-23(27)21-16-7-3-4-8-19(16)31-22(21)25-11-5-6-12-25/h5-6,9-13H,3-4,7-8,14H2,1-2H3,(H,24,26). The van der Waals surface area contributed by atoms with Gasteiger partial charge in [0, 0.05) is 23.3 Å². The molecule has 1 amide bonds. The van der Waals surface area contributed by atoms with Crippen LogP contribution in [-0.4, -0.2) is 37.3 Å². The van der Waals surface area contributed by atoms with Crippen molar-refractivity contribution in [3.63, 3.8) is 0 Å². The van der Waals surface area contributed by atoms with Crippen LogP contribution in [0.15, 0.2) is 42.7 Å². The number of nitrogens with zero attached hydrogens (tertiary/aromatic N) is 1. The van der Waals surface area contributed by atoms with Crippen molar-refractivity contribution in [3.05, 3.63) is 58.7 Å². The van der Waals surface area contributed by atoms with Gasteiger partial charge in [-0.25, -0.2) is 4.79 Å². The molecule has 7 nitrogen and oxygen atoms in total. The summed E-state index contributed by atoms with van der Waals surface area (Å²) in [6, 6.07) is 8.92. The number of anilines is 1. The molecule has 0 saturated carbocycles. The Morgan fingerprint density at radius 2 is 1.87 bits per heavy atom. The number of carbonyl (C=O) groups is 2. The van der Waals surface area contributed by atoms with Gasteiger partial charge >= 0.3 is 5.97 Å². The summed E-state index contributed by atoms with van der Waals surface area (Å²) in [5.41, 5.74) is 2.08. The second kappa shape index (κ2) is 9.26. The number of methoxy groups -OCH3 is 2. The van der Waals surface area contributed by atoms with Crippen LogP contribution < -0.4 is 14.8 Å². The molecule has 0 atom stereocenters. The van der Waals surface area contributed by atoms with Crippen LogP contribution in [0.1, 0.15) is 33.6 Å². The number of benzene rings is 1. The molecule has 2 aromatic heterocycles. The minimum absolute atomic E-state index is 0.394. The molecule has 3 aromatic rings. The molecular weight excluding hydrogens is 416 g/mol. The van der Waals surface area contributed by atoms with E-state index in [0.29, 0.717) is 22.7 Å². The lowest BCUT2D eigenvalue weighted by Crippen LogP contribution is -2.22. The van der Waals surface area contributed by atoms with Crippen LogP contribution in [0.25, 0.3) is 5.00 Å². The smallest absolute Gasteiger partial charge is 0.341 e. The molecule has 0 aliphatic heterocycles. The van der Waals surface area contributed by atoms with Crippen LogP contribution in [0.2, 0.25) is 0 Å². The molecule has 2 heterocycles. The summed E-state index contributed by atoms with van der Waals surface area (Å²) >= 11 is 1.63. The molecule has 1 aliphatic carbocycles. The van der Waals surface area contributed by atoms with Gasteiger partial charge in [-0.05, 0) is 55.5 Å². The zero-order valence-electron chi connectivity index (χ0n) is 17.5. The van der Waals surface area contributed by atoms with Gasteiger partial charge in [0.05, 0.1) is 25.5 Å². The molecule has 1 N–H and O–H groups in total. The van der Waals surface area contributed by atoms with Crippen LogP contribution >= 0.6 is 11.3 Å². The zero-order valence-corrected chi connectivity index (χ0v) is 18.3. The van der Waals surface area contributed by atoms with E-state index in [1.54, 1.807) is 36.6 Å². The van der Waals surface area contributed by atoms with Gasteiger partial charge in [0.2, 0.25) is 0 Å². The summed E-state index contributed by atoms with van der Waals surface area (Å²) in [5.74, 6) is 0.138. The highest BCUT2D eigenvalue weighted by molar-refractivity contribution is 7.15. The molecule has 0 saturated heterocycles. The van der Waals surface area contributed by atoms with Crippen molar-refractivity contribution >= 4 is 28.9 Å². The Hall–Kier alpha value is -3.26. The lowest BCUT2D eigenvalue weighted by atomic mass is 9.95. The van der Waals surface area contributed by atoms with Crippen molar-refractivity contribution in [1.29, 1.82) is 0 Å². The Balaban J connectivity index is 1.50. The third-order valence-electron chi connectivity index (χ3n) is 5.21. The number of nitrogens with one attached hydrogen (secondary N) is 1. The predicted molar refractivity (Wildman–Crippen MR) is 119 cm³/mol. The fourth-order valence-corrected chi connectivity index (χ4v) is 5.06. The summed E-state index contributed by atoms with van der Waals surface area (Å²) in [7, 11) is 3.05. The van der Waals surface area contributed by atoms with Gasteiger partial charge < -0.3 is 24.1 Å². The molecule has 162 valence electrons. The van der Waals surface area contributed by atoms with Crippen LogP contribution in [0.3, 0.4) is 0 Å². The average Bonchev–Trinajstić information content (AvgIpc) is 3.45. The first-order valence-corrected chi connectivity index (χ1v) is 10.9. The summed E-state index contributed by atoms with van der Waals surface area (Å²) < 4.78 is 17.8. The molecule has 0 unspecified atom stereocenters. The molecular formula is C23H24N2O5S. The number of esters is 1. The summed E-state index contributed by atoms with van der Waals surface area (Å²) in [6.07, 6.45) is 7.82. The number of fused-ring (bicyclic) bond motifs is 1. The minimum Gasteiger partial charge on any atom is -0.497 e. The van der Waals surface area contributed by atoms with Crippen molar-refractivity contribution in [2.45, 2.75) is 25.7 Å². The van der Waals surface area contributed by atoms with Crippen molar-refractivity contribution in [2.75, 3.05) is 26.1 Å². The van der Waals surface area contributed by atoms with Crippen LogP contribution in [0.5, 0.6) is 11.5 Å². The monoisotopic (exact) mass is 440 g/mol. The van der Waals surface area contributed by atoms with E-state index < -0.39 is 18.5 Å². The van der Waals surface area contributed by atoms with E-state index in [4.69, 9.17) is 14.2 Å².